The smallest absolute Gasteiger partial charge is 0.387 e. The van der Waals surface area contributed by atoms with E-state index in [9.17, 15) is 8.78 Å². The van der Waals surface area contributed by atoms with E-state index in [4.69, 9.17) is 0 Å². The summed E-state index contributed by atoms with van der Waals surface area (Å²) in [4.78, 5) is 0. The lowest BCUT2D eigenvalue weighted by molar-refractivity contribution is -0.0498. The first kappa shape index (κ1) is 14.3. The molecule has 0 aromatic heterocycles. The molecule has 1 rings (SSSR count). The standard InChI is InChI=1S/C14H17F2NO/c1-14(2,3)9-4-10-17-11-5-7-12(8-6-11)18-13(15)16/h5-8,13,17H,10H2,1-3H3. The van der Waals surface area contributed by atoms with Gasteiger partial charge in [0.1, 0.15) is 5.75 Å². The highest BCUT2D eigenvalue weighted by Gasteiger charge is 2.04. The number of nitrogens with one attached hydrogen (secondary N) is 1. The average molecular weight is 253 g/mol. The van der Waals surface area contributed by atoms with Crippen molar-refractivity contribution in [1.29, 1.82) is 0 Å². The summed E-state index contributed by atoms with van der Waals surface area (Å²) in [6.07, 6.45) is 0. The molecule has 4 heteroatoms. The lowest BCUT2D eigenvalue weighted by Crippen LogP contribution is -2.04. The molecular formula is C14H17F2NO. The number of hydrogen-bond acceptors (Lipinski definition) is 2. The first-order valence-corrected chi connectivity index (χ1v) is 5.65. The number of alkyl halides is 2. The van der Waals surface area contributed by atoms with Gasteiger partial charge in [-0.15, -0.1) is 0 Å². The highest BCUT2D eigenvalue weighted by molar-refractivity contribution is 5.47. The minimum atomic E-state index is -2.79. The van der Waals surface area contributed by atoms with Crippen molar-refractivity contribution in [3.05, 3.63) is 24.3 Å². The average Bonchev–Trinajstić information content (AvgIpc) is 2.24. The molecule has 0 unspecified atom stereocenters. The zero-order valence-corrected chi connectivity index (χ0v) is 10.8. The fourth-order valence-electron chi connectivity index (χ4n) is 1.21. The van der Waals surface area contributed by atoms with E-state index in [2.05, 4.69) is 21.9 Å². The van der Waals surface area contributed by atoms with Gasteiger partial charge in [-0.05, 0) is 45.0 Å². The molecule has 0 aliphatic rings. The molecule has 1 N–H and O–H groups in total. The Morgan fingerprint density at radius 2 is 1.83 bits per heavy atom. The zero-order valence-electron chi connectivity index (χ0n) is 10.8. The predicted octanol–water partition coefficient (Wildman–Crippen LogP) is 3.75. The van der Waals surface area contributed by atoms with Crippen molar-refractivity contribution < 1.29 is 13.5 Å². The van der Waals surface area contributed by atoms with Gasteiger partial charge >= 0.3 is 6.61 Å². The SMILES string of the molecule is CC(C)(C)C#CCNc1ccc(OC(F)F)cc1. The lowest BCUT2D eigenvalue weighted by Gasteiger charge is -2.08. The Bertz CT molecular complexity index is 424. The van der Waals surface area contributed by atoms with Crippen molar-refractivity contribution in [1.82, 2.24) is 0 Å². The van der Waals surface area contributed by atoms with Crippen LogP contribution in [0.5, 0.6) is 5.75 Å². The second-order valence-electron chi connectivity index (χ2n) is 4.81. The third kappa shape index (κ3) is 6.09. The third-order valence-electron chi connectivity index (χ3n) is 1.92. The highest BCUT2D eigenvalue weighted by Crippen LogP contribution is 2.17. The molecule has 98 valence electrons. The fourth-order valence-corrected chi connectivity index (χ4v) is 1.21. The van der Waals surface area contributed by atoms with E-state index < -0.39 is 6.61 Å². The molecule has 18 heavy (non-hydrogen) atoms. The van der Waals surface area contributed by atoms with Crippen molar-refractivity contribution in [2.45, 2.75) is 27.4 Å². The molecule has 0 saturated carbocycles. The van der Waals surface area contributed by atoms with E-state index in [-0.39, 0.29) is 11.2 Å². The maximum atomic E-state index is 11.9. The number of rotatable bonds is 4. The van der Waals surface area contributed by atoms with Crippen molar-refractivity contribution in [2.75, 3.05) is 11.9 Å². The molecule has 1 aromatic rings. The van der Waals surface area contributed by atoms with Crippen LogP contribution in [0.4, 0.5) is 14.5 Å². The summed E-state index contributed by atoms with van der Waals surface area (Å²) in [7, 11) is 0. The summed E-state index contributed by atoms with van der Waals surface area (Å²) < 4.78 is 28.1. The Labute approximate surface area is 106 Å². The molecule has 0 heterocycles. The molecule has 1 aromatic carbocycles. The number of benzene rings is 1. The summed E-state index contributed by atoms with van der Waals surface area (Å²) in [5, 5.41) is 3.08. The van der Waals surface area contributed by atoms with E-state index in [1.807, 2.05) is 20.8 Å². The molecule has 0 aliphatic carbocycles. The van der Waals surface area contributed by atoms with E-state index in [1.165, 1.54) is 12.1 Å². The molecule has 0 radical (unpaired) electrons. The van der Waals surface area contributed by atoms with Gasteiger partial charge in [-0.2, -0.15) is 8.78 Å². The van der Waals surface area contributed by atoms with Crippen molar-refractivity contribution >= 4 is 5.69 Å². The minimum Gasteiger partial charge on any atom is -0.435 e. The minimum absolute atomic E-state index is 0.0172. The Morgan fingerprint density at radius 3 is 2.33 bits per heavy atom. The Hall–Kier alpha value is -1.76. The van der Waals surface area contributed by atoms with Crippen LogP contribution in [0.1, 0.15) is 20.8 Å². The van der Waals surface area contributed by atoms with Crippen LogP contribution in [-0.4, -0.2) is 13.2 Å². The van der Waals surface area contributed by atoms with Gasteiger partial charge in [-0.1, -0.05) is 11.8 Å². The molecule has 0 amide bonds. The number of hydrogen-bond donors (Lipinski definition) is 1. The van der Waals surface area contributed by atoms with Crippen molar-refractivity contribution in [3.8, 4) is 17.6 Å². The van der Waals surface area contributed by atoms with Gasteiger partial charge in [0.2, 0.25) is 0 Å². The summed E-state index contributed by atoms with van der Waals surface area (Å²) in [5.74, 6) is 6.25. The molecule has 0 bridgehead atoms. The first-order valence-electron chi connectivity index (χ1n) is 5.65. The van der Waals surface area contributed by atoms with Gasteiger partial charge in [0.05, 0.1) is 6.54 Å². The Morgan fingerprint density at radius 1 is 1.22 bits per heavy atom. The summed E-state index contributed by atoms with van der Waals surface area (Å²) in [6, 6.07) is 6.34. The molecule has 0 atom stereocenters. The second kappa shape index (κ2) is 6.25. The Balaban J connectivity index is 2.46. The highest BCUT2D eigenvalue weighted by atomic mass is 19.3. The van der Waals surface area contributed by atoms with Crippen LogP contribution in [0.15, 0.2) is 24.3 Å². The van der Waals surface area contributed by atoms with Gasteiger partial charge in [0.15, 0.2) is 0 Å². The number of halogens is 2. The van der Waals surface area contributed by atoms with Crippen LogP contribution in [0, 0.1) is 17.3 Å². The van der Waals surface area contributed by atoms with Crippen LogP contribution in [0.3, 0.4) is 0 Å². The van der Waals surface area contributed by atoms with E-state index >= 15 is 0 Å². The Kier molecular flexibility index (Phi) is 4.96. The monoisotopic (exact) mass is 253 g/mol. The van der Waals surface area contributed by atoms with Crippen LogP contribution in [0.2, 0.25) is 0 Å². The van der Waals surface area contributed by atoms with Gasteiger partial charge in [0, 0.05) is 11.1 Å². The molecule has 0 fully saturated rings. The predicted molar refractivity (Wildman–Crippen MR) is 68.8 cm³/mol. The van der Waals surface area contributed by atoms with Crippen LogP contribution in [-0.2, 0) is 0 Å². The summed E-state index contributed by atoms with van der Waals surface area (Å²) >= 11 is 0. The number of ether oxygens (including phenoxy) is 1. The summed E-state index contributed by atoms with van der Waals surface area (Å²) in [5.41, 5.74) is 0.802. The lowest BCUT2D eigenvalue weighted by atomic mass is 9.98. The van der Waals surface area contributed by atoms with Crippen molar-refractivity contribution in [2.24, 2.45) is 5.41 Å². The van der Waals surface area contributed by atoms with Crippen molar-refractivity contribution in [3.63, 3.8) is 0 Å². The van der Waals surface area contributed by atoms with Gasteiger partial charge in [-0.3, -0.25) is 0 Å². The molecule has 0 aliphatic heterocycles. The molecular weight excluding hydrogens is 236 g/mol. The zero-order chi connectivity index (χ0) is 13.6. The first-order chi connectivity index (χ1) is 8.37. The van der Waals surface area contributed by atoms with Gasteiger partial charge < -0.3 is 10.1 Å². The molecule has 2 nitrogen and oxygen atoms in total. The largest absolute Gasteiger partial charge is 0.435 e. The van der Waals surface area contributed by atoms with Gasteiger partial charge in [-0.25, -0.2) is 0 Å². The summed E-state index contributed by atoms with van der Waals surface area (Å²) in [6.45, 7) is 3.84. The third-order valence-corrected chi connectivity index (χ3v) is 1.92. The number of anilines is 1. The van der Waals surface area contributed by atoms with E-state index in [1.54, 1.807) is 12.1 Å². The van der Waals surface area contributed by atoms with Crippen LogP contribution >= 0.6 is 0 Å². The second-order valence-corrected chi connectivity index (χ2v) is 4.81. The van der Waals surface area contributed by atoms with Gasteiger partial charge in [0.25, 0.3) is 0 Å². The molecule has 0 saturated heterocycles. The normalized spacial score (nSPS) is 10.8. The maximum absolute atomic E-state index is 11.9. The maximum Gasteiger partial charge on any atom is 0.387 e. The molecule has 0 spiro atoms. The van der Waals surface area contributed by atoms with Crippen LogP contribution in [0.25, 0.3) is 0 Å². The van der Waals surface area contributed by atoms with E-state index in [0.717, 1.165) is 5.69 Å². The van der Waals surface area contributed by atoms with Crippen LogP contribution < -0.4 is 10.1 Å². The quantitative estimate of drug-likeness (QED) is 0.825. The fraction of sp³-hybridized carbons (Fsp3) is 0.429. The van der Waals surface area contributed by atoms with E-state index in [0.29, 0.717) is 6.54 Å². The topological polar surface area (TPSA) is 21.3 Å².